The van der Waals surface area contributed by atoms with E-state index in [1.54, 1.807) is 26.9 Å². The lowest BCUT2D eigenvalue weighted by Crippen LogP contribution is -2.56. The monoisotopic (exact) mass is 629 g/mol. The van der Waals surface area contributed by atoms with Crippen molar-refractivity contribution in [2.45, 2.75) is 70.6 Å². The molecule has 3 amide bonds. The summed E-state index contributed by atoms with van der Waals surface area (Å²) in [5.41, 5.74) is 2.28. The van der Waals surface area contributed by atoms with E-state index in [0.29, 0.717) is 56.7 Å². The van der Waals surface area contributed by atoms with Gasteiger partial charge in [-0.25, -0.2) is 0 Å². The van der Waals surface area contributed by atoms with Gasteiger partial charge in [-0.05, 0) is 94.3 Å². The summed E-state index contributed by atoms with van der Waals surface area (Å²) in [5.74, 6) is -1.47. The molecule has 3 saturated heterocycles. The van der Waals surface area contributed by atoms with Gasteiger partial charge in [-0.3, -0.25) is 14.4 Å². The highest BCUT2D eigenvalue weighted by molar-refractivity contribution is 6.06. The quantitative estimate of drug-likeness (QED) is 0.221. The molecule has 9 nitrogen and oxygen atoms in total. The van der Waals surface area contributed by atoms with Crippen molar-refractivity contribution in [2.24, 2.45) is 11.8 Å². The zero-order valence-electron chi connectivity index (χ0n) is 27.3. The van der Waals surface area contributed by atoms with E-state index in [1.807, 2.05) is 63.2 Å². The van der Waals surface area contributed by atoms with Crippen LogP contribution in [0.4, 0.5) is 11.4 Å². The average molecular weight is 630 g/mol. The Bertz CT molecular complexity index is 1460. The molecule has 3 fully saturated rings. The second-order valence-corrected chi connectivity index (χ2v) is 12.6. The highest BCUT2D eigenvalue weighted by Crippen LogP contribution is 2.59. The Labute approximate surface area is 272 Å². The highest BCUT2D eigenvalue weighted by Gasteiger charge is 2.75. The number of unbranched alkanes of at least 4 members (excludes halogenated alkanes) is 2. The normalized spacial score (nSPS) is 24.5. The number of amides is 3. The summed E-state index contributed by atoms with van der Waals surface area (Å²) in [4.78, 5) is 48.9. The van der Waals surface area contributed by atoms with E-state index < -0.39 is 29.6 Å². The first-order valence-corrected chi connectivity index (χ1v) is 16.5. The number of fused-ring (bicyclic) bond motifs is 1. The molecule has 46 heavy (non-hydrogen) atoms. The molecular weight excluding hydrogens is 582 g/mol. The van der Waals surface area contributed by atoms with Crippen LogP contribution in [0.2, 0.25) is 0 Å². The minimum absolute atomic E-state index is 0.0642. The van der Waals surface area contributed by atoms with Crippen molar-refractivity contribution in [3.63, 3.8) is 0 Å². The van der Waals surface area contributed by atoms with Crippen LogP contribution in [0.15, 0.2) is 67.8 Å². The van der Waals surface area contributed by atoms with Crippen LogP contribution < -0.4 is 14.5 Å². The molecule has 0 aromatic heterocycles. The summed E-state index contributed by atoms with van der Waals surface area (Å²) in [5, 5.41) is 9.37. The third kappa shape index (κ3) is 5.98. The lowest BCUT2D eigenvalue weighted by Gasteiger charge is -2.37. The van der Waals surface area contributed by atoms with E-state index in [-0.39, 0.29) is 37.4 Å². The Kier molecular flexibility index (Phi) is 10.3. The summed E-state index contributed by atoms with van der Waals surface area (Å²) >= 11 is 0. The molecule has 1 N–H and O–H groups in total. The predicted octanol–water partition coefficient (Wildman–Crippen LogP) is 4.98. The topological polar surface area (TPSA) is 99.6 Å². The molecule has 5 atom stereocenters. The van der Waals surface area contributed by atoms with E-state index in [4.69, 9.17) is 9.47 Å². The summed E-state index contributed by atoms with van der Waals surface area (Å²) in [6.45, 7) is 15.1. The second kappa shape index (κ2) is 14.2. The number of aliphatic hydroxyl groups is 1. The molecular formula is C37H47N3O6. The fourth-order valence-electron chi connectivity index (χ4n) is 7.64. The fraction of sp³-hybridized carbons (Fsp3) is 0.486. The highest BCUT2D eigenvalue weighted by atomic mass is 16.5. The first-order valence-electron chi connectivity index (χ1n) is 16.5. The van der Waals surface area contributed by atoms with E-state index in [1.165, 1.54) is 0 Å². The van der Waals surface area contributed by atoms with Gasteiger partial charge in [0.25, 0.3) is 5.91 Å². The molecule has 3 aliphatic rings. The molecule has 9 heteroatoms. The van der Waals surface area contributed by atoms with E-state index in [9.17, 15) is 19.5 Å². The Morgan fingerprint density at radius 1 is 1.04 bits per heavy atom. The molecule has 3 aliphatic heterocycles. The number of aliphatic hydroxyl groups excluding tert-OH is 1. The average Bonchev–Trinajstić information content (AvgIpc) is 3.69. The van der Waals surface area contributed by atoms with Gasteiger partial charge in [-0.2, -0.15) is 0 Å². The molecule has 2 aromatic carbocycles. The van der Waals surface area contributed by atoms with Gasteiger partial charge in [0.1, 0.15) is 17.4 Å². The van der Waals surface area contributed by atoms with E-state index in [2.05, 4.69) is 13.2 Å². The molecule has 2 bridgehead atoms. The number of carbonyl (C=O) groups excluding carboxylic acids is 3. The summed E-state index contributed by atoms with van der Waals surface area (Å²) in [7, 11) is 0. The molecule has 2 aromatic rings. The van der Waals surface area contributed by atoms with Gasteiger partial charge in [0, 0.05) is 37.6 Å². The number of hydrogen-bond acceptors (Lipinski definition) is 6. The minimum Gasteiger partial charge on any atom is -0.494 e. The van der Waals surface area contributed by atoms with Crippen LogP contribution in [-0.4, -0.2) is 78.3 Å². The van der Waals surface area contributed by atoms with Gasteiger partial charge in [0.2, 0.25) is 11.8 Å². The zero-order chi connectivity index (χ0) is 33.0. The lowest BCUT2D eigenvalue weighted by molar-refractivity contribution is -0.140. The number of carbonyl (C=O) groups is 3. The number of hydrogen-bond donors (Lipinski definition) is 1. The second-order valence-electron chi connectivity index (χ2n) is 12.6. The fourth-order valence-corrected chi connectivity index (χ4v) is 7.64. The van der Waals surface area contributed by atoms with Gasteiger partial charge >= 0.3 is 0 Å². The van der Waals surface area contributed by atoms with Crippen LogP contribution >= 0.6 is 0 Å². The van der Waals surface area contributed by atoms with Crippen molar-refractivity contribution in [1.82, 2.24) is 4.90 Å². The standard InChI is InChI=1S/C37H47N3O6/c1-6-20-38(27-14-16-28(17-15-27)45-8-3)34(42)31-30-18-19-37(46-30)32(31)35(43)40(22-10-9-11-23-41)33(37)36(44)39(21-7-2)29-24-25(4)12-13-26(29)5/h6-7,12-17,24,30-33,41H,1-2,8-11,18-23H2,3-5H3/t30-,31+,32-,33?,37?/m0/s1. The molecule has 0 radical (unpaired) electrons. The van der Waals surface area contributed by atoms with Gasteiger partial charge in [-0.1, -0.05) is 24.3 Å². The lowest BCUT2D eigenvalue weighted by atomic mass is 9.70. The van der Waals surface area contributed by atoms with Gasteiger partial charge in [-0.15, -0.1) is 13.2 Å². The van der Waals surface area contributed by atoms with Crippen LogP contribution in [0.5, 0.6) is 5.75 Å². The van der Waals surface area contributed by atoms with Crippen molar-refractivity contribution in [3.05, 3.63) is 78.9 Å². The molecule has 1 spiro atoms. The smallest absolute Gasteiger partial charge is 0.253 e. The van der Waals surface area contributed by atoms with Crippen molar-refractivity contribution in [1.29, 1.82) is 0 Å². The van der Waals surface area contributed by atoms with Crippen LogP contribution in [0, 0.1) is 25.7 Å². The minimum atomic E-state index is -1.12. The summed E-state index contributed by atoms with van der Waals surface area (Å²) in [6.07, 6.45) is 5.94. The zero-order valence-corrected chi connectivity index (χ0v) is 27.3. The Hall–Kier alpha value is -3.95. The number of nitrogens with zero attached hydrogens (tertiary/aromatic N) is 3. The van der Waals surface area contributed by atoms with Crippen molar-refractivity contribution in [3.8, 4) is 5.75 Å². The summed E-state index contributed by atoms with van der Waals surface area (Å²) in [6, 6.07) is 12.4. The number of benzene rings is 2. The third-order valence-electron chi connectivity index (χ3n) is 9.65. The maximum Gasteiger partial charge on any atom is 0.253 e. The largest absolute Gasteiger partial charge is 0.494 e. The van der Waals surface area contributed by atoms with E-state index in [0.717, 1.165) is 16.8 Å². The third-order valence-corrected chi connectivity index (χ3v) is 9.65. The summed E-state index contributed by atoms with van der Waals surface area (Å²) < 4.78 is 12.3. The van der Waals surface area contributed by atoms with Crippen LogP contribution in [0.25, 0.3) is 0 Å². The molecule has 5 rings (SSSR count). The Morgan fingerprint density at radius 3 is 2.43 bits per heavy atom. The van der Waals surface area contributed by atoms with Crippen molar-refractivity contribution in [2.75, 3.05) is 42.6 Å². The van der Waals surface area contributed by atoms with Crippen LogP contribution in [-0.2, 0) is 19.1 Å². The molecule has 2 unspecified atom stereocenters. The first kappa shape index (κ1) is 33.4. The number of ether oxygens (including phenoxy) is 2. The molecule has 0 saturated carbocycles. The molecule has 3 heterocycles. The van der Waals surface area contributed by atoms with Crippen molar-refractivity contribution < 1.29 is 29.0 Å². The number of rotatable bonds is 15. The Balaban J connectivity index is 1.53. The predicted molar refractivity (Wildman–Crippen MR) is 179 cm³/mol. The van der Waals surface area contributed by atoms with Crippen LogP contribution in [0.1, 0.15) is 50.2 Å². The number of likely N-dealkylation sites (tertiary alicyclic amines) is 1. The van der Waals surface area contributed by atoms with E-state index >= 15 is 0 Å². The number of aryl methyl sites for hydroxylation is 2. The van der Waals surface area contributed by atoms with Gasteiger partial charge in [0.15, 0.2) is 0 Å². The maximum absolute atomic E-state index is 14.8. The van der Waals surface area contributed by atoms with Gasteiger partial charge < -0.3 is 29.3 Å². The Morgan fingerprint density at radius 2 is 1.76 bits per heavy atom. The number of anilines is 2. The SMILES string of the molecule is C=CCN(C(=O)[C@@H]1[C@@H]2CCC3(O2)C(C(=O)N(CC=C)c2cc(C)ccc2C)N(CCCCCO)C(=O)[C@H]13)c1ccc(OCC)cc1. The molecule has 0 aliphatic carbocycles. The first-order chi connectivity index (χ1) is 22.2. The molecule has 246 valence electrons. The van der Waals surface area contributed by atoms with Crippen LogP contribution in [0.3, 0.4) is 0 Å². The maximum atomic E-state index is 14.8. The van der Waals surface area contributed by atoms with Crippen molar-refractivity contribution >= 4 is 29.1 Å². The van der Waals surface area contributed by atoms with Gasteiger partial charge in [0.05, 0.1) is 24.5 Å².